The fourth-order valence-electron chi connectivity index (χ4n) is 3.30. The highest BCUT2D eigenvalue weighted by atomic mass is 35.5. The van der Waals surface area contributed by atoms with E-state index in [9.17, 15) is 4.79 Å². The van der Waals surface area contributed by atoms with Crippen molar-refractivity contribution in [2.24, 2.45) is 5.92 Å². The maximum atomic E-state index is 12.0. The van der Waals surface area contributed by atoms with E-state index in [-0.39, 0.29) is 24.0 Å². The number of hydrogen-bond donors (Lipinski definition) is 2. The second kappa shape index (κ2) is 7.21. The van der Waals surface area contributed by atoms with Crippen LogP contribution in [0.4, 0.5) is 0 Å². The molecule has 1 aliphatic heterocycles. The SMILES string of the molecule is CCC(NS)c1cnc(OC2CN(C(=O)C3CC3)C2)c2cnc(Cl)cc12. The molecule has 3 heterocycles. The third-order valence-corrected chi connectivity index (χ3v) is 5.56. The largest absolute Gasteiger partial charge is 0.470 e. The average molecular weight is 393 g/mol. The first-order chi connectivity index (χ1) is 12.6. The van der Waals surface area contributed by atoms with Crippen molar-refractivity contribution in [1.29, 1.82) is 0 Å². The zero-order chi connectivity index (χ0) is 18.3. The molecule has 0 aromatic carbocycles. The van der Waals surface area contributed by atoms with Gasteiger partial charge in [0.1, 0.15) is 11.3 Å². The van der Waals surface area contributed by atoms with Gasteiger partial charge in [0.15, 0.2) is 0 Å². The van der Waals surface area contributed by atoms with E-state index in [4.69, 9.17) is 16.3 Å². The van der Waals surface area contributed by atoms with Gasteiger partial charge in [-0.05, 0) is 36.3 Å². The average Bonchev–Trinajstić information content (AvgIpc) is 3.44. The summed E-state index contributed by atoms with van der Waals surface area (Å²) in [7, 11) is 0. The fourth-order valence-corrected chi connectivity index (χ4v) is 3.78. The summed E-state index contributed by atoms with van der Waals surface area (Å²) in [6.45, 7) is 3.32. The minimum atomic E-state index is -0.0279. The van der Waals surface area contributed by atoms with Crippen molar-refractivity contribution in [3.05, 3.63) is 29.2 Å². The number of thiol groups is 1. The van der Waals surface area contributed by atoms with E-state index in [0.717, 1.165) is 35.6 Å². The Kier molecular flexibility index (Phi) is 4.94. The molecule has 1 saturated carbocycles. The predicted octanol–water partition coefficient (Wildman–Crippen LogP) is 3.17. The van der Waals surface area contributed by atoms with Gasteiger partial charge < -0.3 is 9.64 Å². The topological polar surface area (TPSA) is 67.4 Å². The van der Waals surface area contributed by atoms with Crippen molar-refractivity contribution < 1.29 is 9.53 Å². The monoisotopic (exact) mass is 392 g/mol. The molecule has 2 aromatic rings. The molecule has 8 heteroatoms. The predicted molar refractivity (Wildman–Crippen MR) is 103 cm³/mol. The highest BCUT2D eigenvalue weighted by Gasteiger charge is 2.40. The Hall–Kier alpha value is -1.57. The molecule has 1 unspecified atom stereocenters. The molecule has 1 aliphatic carbocycles. The van der Waals surface area contributed by atoms with E-state index in [1.165, 1.54) is 0 Å². The number of carbonyl (C=O) groups excluding carboxylic acids is 1. The lowest BCUT2D eigenvalue weighted by Crippen LogP contribution is -2.56. The van der Waals surface area contributed by atoms with Crippen LogP contribution < -0.4 is 9.46 Å². The minimum absolute atomic E-state index is 0.0279. The molecule has 1 N–H and O–H groups in total. The van der Waals surface area contributed by atoms with Crippen molar-refractivity contribution in [1.82, 2.24) is 19.6 Å². The quantitative estimate of drug-likeness (QED) is 0.583. The number of ether oxygens (including phenoxy) is 1. The Balaban J connectivity index is 1.56. The molecular formula is C18H21ClN4O2S. The van der Waals surface area contributed by atoms with E-state index in [2.05, 4.69) is 34.4 Å². The van der Waals surface area contributed by atoms with Gasteiger partial charge in [-0.1, -0.05) is 31.3 Å². The first-order valence-electron chi connectivity index (χ1n) is 8.90. The first-order valence-corrected chi connectivity index (χ1v) is 9.72. The normalized spacial score (nSPS) is 18.7. The smallest absolute Gasteiger partial charge is 0.225 e. The van der Waals surface area contributed by atoms with Crippen molar-refractivity contribution in [3.8, 4) is 5.88 Å². The molecule has 2 aromatic heterocycles. The van der Waals surface area contributed by atoms with Crippen LogP contribution in [0.1, 0.15) is 37.8 Å². The van der Waals surface area contributed by atoms with Gasteiger partial charge >= 0.3 is 0 Å². The number of nitrogens with zero attached hydrogens (tertiary/aromatic N) is 3. The molecular weight excluding hydrogens is 372 g/mol. The molecule has 2 aliphatic rings. The number of carbonyl (C=O) groups is 1. The molecule has 26 heavy (non-hydrogen) atoms. The number of nitrogens with one attached hydrogen (secondary N) is 1. The van der Waals surface area contributed by atoms with Gasteiger partial charge in [-0.3, -0.25) is 9.52 Å². The van der Waals surface area contributed by atoms with E-state index in [0.29, 0.717) is 24.1 Å². The summed E-state index contributed by atoms with van der Waals surface area (Å²) in [5.74, 6) is 1.04. The summed E-state index contributed by atoms with van der Waals surface area (Å²) in [4.78, 5) is 22.6. The fraction of sp³-hybridized carbons (Fsp3) is 0.500. The van der Waals surface area contributed by atoms with Crippen LogP contribution in [-0.2, 0) is 4.79 Å². The number of amides is 1. The van der Waals surface area contributed by atoms with Gasteiger partial charge in [0.05, 0.1) is 18.5 Å². The van der Waals surface area contributed by atoms with Crippen LogP contribution in [0.5, 0.6) is 5.88 Å². The Morgan fingerprint density at radius 3 is 2.81 bits per heavy atom. The molecule has 0 spiro atoms. The molecule has 6 nitrogen and oxygen atoms in total. The number of pyridine rings is 2. The Labute approximate surface area is 162 Å². The molecule has 1 atom stereocenters. The number of aromatic nitrogens is 2. The number of rotatable bonds is 6. The van der Waals surface area contributed by atoms with Gasteiger partial charge in [-0.2, -0.15) is 0 Å². The molecule has 2 fully saturated rings. The summed E-state index contributed by atoms with van der Waals surface area (Å²) >= 11 is 10.3. The molecule has 138 valence electrons. The highest BCUT2D eigenvalue weighted by Crippen LogP contribution is 2.35. The van der Waals surface area contributed by atoms with E-state index in [1.807, 2.05) is 11.0 Å². The lowest BCUT2D eigenvalue weighted by atomic mass is 10.0. The van der Waals surface area contributed by atoms with Crippen LogP contribution in [0.15, 0.2) is 18.5 Å². The van der Waals surface area contributed by atoms with Gasteiger partial charge in [0.2, 0.25) is 11.8 Å². The number of halogens is 1. The number of fused-ring (bicyclic) bond motifs is 1. The van der Waals surface area contributed by atoms with E-state index < -0.39 is 0 Å². The Morgan fingerprint density at radius 2 is 2.15 bits per heavy atom. The van der Waals surface area contributed by atoms with Gasteiger partial charge in [-0.25, -0.2) is 9.97 Å². The van der Waals surface area contributed by atoms with Gasteiger partial charge in [0.25, 0.3) is 0 Å². The van der Waals surface area contributed by atoms with Crippen LogP contribution in [0.2, 0.25) is 5.15 Å². The maximum absolute atomic E-state index is 12.0. The van der Waals surface area contributed by atoms with E-state index in [1.54, 1.807) is 12.4 Å². The zero-order valence-corrected chi connectivity index (χ0v) is 16.1. The van der Waals surface area contributed by atoms with Crippen molar-refractivity contribution in [3.63, 3.8) is 0 Å². The van der Waals surface area contributed by atoms with Crippen LogP contribution in [-0.4, -0.2) is 40.0 Å². The van der Waals surface area contributed by atoms with Crippen molar-refractivity contribution in [2.45, 2.75) is 38.3 Å². The lowest BCUT2D eigenvalue weighted by Gasteiger charge is -2.39. The minimum Gasteiger partial charge on any atom is -0.470 e. The molecule has 1 saturated heterocycles. The second-order valence-corrected chi connectivity index (χ2v) is 7.56. The first kappa shape index (κ1) is 17.8. The lowest BCUT2D eigenvalue weighted by molar-refractivity contribution is -0.141. The molecule has 4 rings (SSSR count). The van der Waals surface area contributed by atoms with Crippen LogP contribution in [0, 0.1) is 5.92 Å². The Morgan fingerprint density at radius 1 is 1.38 bits per heavy atom. The third-order valence-electron chi connectivity index (χ3n) is 5.04. The second-order valence-electron chi connectivity index (χ2n) is 6.92. The zero-order valence-electron chi connectivity index (χ0n) is 14.5. The molecule has 1 amide bonds. The third kappa shape index (κ3) is 3.35. The summed E-state index contributed by atoms with van der Waals surface area (Å²) < 4.78 is 9.06. The van der Waals surface area contributed by atoms with E-state index >= 15 is 0 Å². The summed E-state index contributed by atoms with van der Waals surface area (Å²) in [5.41, 5.74) is 1.01. The van der Waals surface area contributed by atoms with Crippen LogP contribution in [0.3, 0.4) is 0 Å². The van der Waals surface area contributed by atoms with Gasteiger partial charge in [0, 0.05) is 24.4 Å². The Bertz CT molecular complexity index is 835. The summed E-state index contributed by atoms with van der Waals surface area (Å²) in [6, 6.07) is 1.88. The molecule has 0 radical (unpaired) electrons. The highest BCUT2D eigenvalue weighted by molar-refractivity contribution is 7.78. The number of hydrogen-bond acceptors (Lipinski definition) is 6. The van der Waals surface area contributed by atoms with Crippen molar-refractivity contribution in [2.75, 3.05) is 13.1 Å². The summed E-state index contributed by atoms with van der Waals surface area (Å²) in [5, 5.41) is 2.20. The van der Waals surface area contributed by atoms with Gasteiger partial charge in [-0.15, -0.1) is 0 Å². The van der Waals surface area contributed by atoms with Crippen LogP contribution >= 0.6 is 24.4 Å². The standard InChI is InChI=1S/C18H21ClN4O2S/c1-2-15(22-26)13-6-21-17(14-7-20-16(19)5-12(13)14)25-11-8-23(9-11)18(24)10-3-4-10/h5-7,10-11,15,22,26H,2-4,8-9H2,1H3. The summed E-state index contributed by atoms with van der Waals surface area (Å²) in [6.07, 6.45) is 6.39. The molecule has 0 bridgehead atoms. The van der Waals surface area contributed by atoms with Crippen LogP contribution in [0.25, 0.3) is 10.8 Å². The number of likely N-dealkylation sites (tertiary alicyclic amines) is 1. The maximum Gasteiger partial charge on any atom is 0.225 e. The van der Waals surface area contributed by atoms with Crippen molar-refractivity contribution >= 4 is 41.1 Å².